The van der Waals surface area contributed by atoms with Gasteiger partial charge in [-0.3, -0.25) is 9.59 Å². The summed E-state index contributed by atoms with van der Waals surface area (Å²) in [7, 11) is -3.30. The number of rotatable bonds is 8. The Kier molecular flexibility index (Phi) is 7.17. The van der Waals surface area contributed by atoms with E-state index >= 15 is 0 Å². The largest absolute Gasteiger partial charge is 0.310 e. The van der Waals surface area contributed by atoms with Gasteiger partial charge in [-0.2, -0.15) is 0 Å². The van der Waals surface area contributed by atoms with Gasteiger partial charge in [-0.25, -0.2) is 13.4 Å². The highest BCUT2D eigenvalue weighted by atomic mass is 32.2. The SMILES string of the molecule is CCS(=O)(=O)c1ccc(CC(=O)Nc2ccc(-c3ccccc3)c(C(=O)c3ccccc3)n2)cc1. The summed E-state index contributed by atoms with van der Waals surface area (Å²) in [6.07, 6.45) is 0.0382. The number of anilines is 1. The first-order chi connectivity index (χ1) is 16.9. The van der Waals surface area contributed by atoms with E-state index in [0.29, 0.717) is 16.7 Å². The molecule has 1 aromatic heterocycles. The predicted octanol–water partition coefficient (Wildman–Crippen LogP) is 4.95. The molecule has 7 heteroatoms. The minimum atomic E-state index is -3.30. The summed E-state index contributed by atoms with van der Waals surface area (Å²) in [6, 6.07) is 28.0. The van der Waals surface area contributed by atoms with Gasteiger partial charge in [0.25, 0.3) is 0 Å². The normalized spacial score (nSPS) is 11.1. The van der Waals surface area contributed by atoms with Crippen molar-refractivity contribution in [2.45, 2.75) is 18.2 Å². The van der Waals surface area contributed by atoms with Gasteiger partial charge in [-0.15, -0.1) is 0 Å². The van der Waals surface area contributed by atoms with Crippen LogP contribution in [0.25, 0.3) is 11.1 Å². The zero-order valence-corrected chi connectivity index (χ0v) is 20.0. The van der Waals surface area contributed by atoms with Crippen LogP contribution in [0.4, 0.5) is 5.82 Å². The van der Waals surface area contributed by atoms with Crippen LogP contribution < -0.4 is 5.32 Å². The Labute approximate surface area is 204 Å². The third kappa shape index (κ3) is 5.70. The summed E-state index contributed by atoms with van der Waals surface area (Å²) >= 11 is 0. The number of nitrogens with zero attached hydrogens (tertiary/aromatic N) is 1. The van der Waals surface area contributed by atoms with Gasteiger partial charge in [0, 0.05) is 11.1 Å². The number of hydrogen-bond donors (Lipinski definition) is 1. The summed E-state index contributed by atoms with van der Waals surface area (Å²) in [5, 5.41) is 2.75. The van der Waals surface area contributed by atoms with Crippen molar-refractivity contribution >= 4 is 27.3 Å². The van der Waals surface area contributed by atoms with Crippen molar-refractivity contribution in [2.75, 3.05) is 11.1 Å². The van der Waals surface area contributed by atoms with E-state index in [2.05, 4.69) is 10.3 Å². The van der Waals surface area contributed by atoms with E-state index in [1.807, 2.05) is 36.4 Å². The molecule has 0 fully saturated rings. The molecule has 4 rings (SSSR count). The molecule has 176 valence electrons. The fourth-order valence-electron chi connectivity index (χ4n) is 3.63. The zero-order chi connectivity index (χ0) is 24.8. The fourth-order valence-corrected chi connectivity index (χ4v) is 4.52. The molecule has 0 bridgehead atoms. The Balaban J connectivity index is 1.58. The Bertz CT molecular complexity index is 1450. The van der Waals surface area contributed by atoms with Gasteiger partial charge < -0.3 is 5.32 Å². The number of nitrogens with one attached hydrogen (secondary N) is 1. The van der Waals surface area contributed by atoms with Crippen molar-refractivity contribution in [1.82, 2.24) is 4.98 Å². The highest BCUT2D eigenvalue weighted by Gasteiger charge is 2.18. The molecule has 1 N–H and O–H groups in total. The number of carbonyl (C=O) groups is 2. The van der Waals surface area contributed by atoms with E-state index in [4.69, 9.17) is 0 Å². The van der Waals surface area contributed by atoms with Crippen LogP contribution >= 0.6 is 0 Å². The van der Waals surface area contributed by atoms with Crippen LogP contribution in [0.15, 0.2) is 102 Å². The number of ketones is 1. The second kappa shape index (κ2) is 10.4. The minimum Gasteiger partial charge on any atom is -0.310 e. The first-order valence-corrected chi connectivity index (χ1v) is 12.8. The van der Waals surface area contributed by atoms with Crippen LogP contribution in [-0.2, 0) is 21.1 Å². The Morgan fingerprint density at radius 2 is 1.43 bits per heavy atom. The van der Waals surface area contributed by atoms with Crippen molar-refractivity contribution in [3.63, 3.8) is 0 Å². The van der Waals surface area contributed by atoms with Crippen molar-refractivity contribution in [3.05, 3.63) is 114 Å². The van der Waals surface area contributed by atoms with Gasteiger partial charge >= 0.3 is 0 Å². The second-order valence-electron chi connectivity index (χ2n) is 7.93. The highest BCUT2D eigenvalue weighted by molar-refractivity contribution is 7.91. The average molecular weight is 485 g/mol. The number of pyridine rings is 1. The molecule has 35 heavy (non-hydrogen) atoms. The summed E-state index contributed by atoms with van der Waals surface area (Å²) in [5.41, 5.74) is 2.93. The number of hydrogen-bond acceptors (Lipinski definition) is 5. The van der Waals surface area contributed by atoms with Gasteiger partial charge in [-0.1, -0.05) is 79.7 Å². The molecule has 0 saturated heterocycles. The molecule has 0 unspecified atom stereocenters. The molecule has 0 aliphatic carbocycles. The van der Waals surface area contributed by atoms with Crippen LogP contribution in [-0.4, -0.2) is 30.8 Å². The Morgan fingerprint density at radius 1 is 0.800 bits per heavy atom. The number of amides is 1. The maximum absolute atomic E-state index is 13.3. The first kappa shape index (κ1) is 24.0. The van der Waals surface area contributed by atoms with E-state index < -0.39 is 9.84 Å². The van der Waals surface area contributed by atoms with Crippen LogP contribution in [0.1, 0.15) is 28.5 Å². The number of sulfone groups is 1. The molecule has 0 spiro atoms. The number of carbonyl (C=O) groups excluding carboxylic acids is 2. The third-order valence-electron chi connectivity index (χ3n) is 5.53. The van der Waals surface area contributed by atoms with Crippen molar-refractivity contribution in [3.8, 4) is 11.1 Å². The summed E-state index contributed by atoms with van der Waals surface area (Å²) in [6.45, 7) is 1.59. The fraction of sp³-hybridized carbons (Fsp3) is 0.107. The zero-order valence-electron chi connectivity index (χ0n) is 19.1. The van der Waals surface area contributed by atoms with Crippen LogP contribution in [0.3, 0.4) is 0 Å². The van der Waals surface area contributed by atoms with E-state index in [1.54, 1.807) is 55.5 Å². The van der Waals surface area contributed by atoms with Gasteiger partial charge in [0.05, 0.1) is 17.1 Å². The highest BCUT2D eigenvalue weighted by Crippen LogP contribution is 2.26. The predicted molar refractivity (Wildman–Crippen MR) is 136 cm³/mol. The summed E-state index contributed by atoms with van der Waals surface area (Å²) < 4.78 is 24.0. The Morgan fingerprint density at radius 3 is 2.06 bits per heavy atom. The summed E-state index contributed by atoms with van der Waals surface area (Å²) in [5.74, 6) is -0.289. The summed E-state index contributed by atoms with van der Waals surface area (Å²) in [4.78, 5) is 30.7. The smallest absolute Gasteiger partial charge is 0.229 e. The molecule has 3 aromatic carbocycles. The van der Waals surface area contributed by atoms with Crippen molar-refractivity contribution in [2.24, 2.45) is 0 Å². The van der Waals surface area contributed by atoms with Gasteiger partial charge in [0.1, 0.15) is 11.5 Å². The Hall–Kier alpha value is -4.10. The molecule has 6 nitrogen and oxygen atoms in total. The topological polar surface area (TPSA) is 93.2 Å². The minimum absolute atomic E-state index is 0.0154. The first-order valence-electron chi connectivity index (χ1n) is 11.1. The van der Waals surface area contributed by atoms with E-state index in [0.717, 1.165) is 5.56 Å². The molecule has 0 atom stereocenters. The van der Waals surface area contributed by atoms with Gasteiger partial charge in [0.2, 0.25) is 11.7 Å². The van der Waals surface area contributed by atoms with Crippen LogP contribution in [0.2, 0.25) is 0 Å². The molecule has 0 aliphatic rings. The van der Waals surface area contributed by atoms with E-state index in [9.17, 15) is 18.0 Å². The van der Waals surface area contributed by atoms with Crippen LogP contribution in [0.5, 0.6) is 0 Å². The molecule has 4 aromatic rings. The van der Waals surface area contributed by atoms with E-state index in [-0.39, 0.29) is 40.3 Å². The lowest BCUT2D eigenvalue weighted by molar-refractivity contribution is -0.115. The monoisotopic (exact) mass is 484 g/mol. The lowest BCUT2D eigenvalue weighted by Gasteiger charge is -2.12. The quantitative estimate of drug-likeness (QED) is 0.357. The van der Waals surface area contributed by atoms with Crippen LogP contribution in [0, 0.1) is 0 Å². The standard InChI is InChI=1S/C28H24N2O4S/c1-2-35(33,34)23-15-13-20(14-16-23)19-26(31)29-25-18-17-24(21-9-5-3-6-10-21)27(30-25)28(32)22-11-7-4-8-12-22/h3-18H,2,19H2,1H3,(H,29,30,31). The van der Waals surface area contributed by atoms with Gasteiger partial charge in [0.15, 0.2) is 9.84 Å². The molecule has 1 amide bonds. The molecule has 0 radical (unpaired) electrons. The molecule has 1 heterocycles. The average Bonchev–Trinajstić information content (AvgIpc) is 2.89. The van der Waals surface area contributed by atoms with E-state index in [1.165, 1.54) is 12.1 Å². The molecular weight excluding hydrogens is 460 g/mol. The molecule has 0 aliphatic heterocycles. The van der Waals surface area contributed by atoms with Gasteiger partial charge in [-0.05, 0) is 35.4 Å². The second-order valence-corrected chi connectivity index (χ2v) is 10.2. The van der Waals surface area contributed by atoms with Crippen molar-refractivity contribution < 1.29 is 18.0 Å². The lowest BCUT2D eigenvalue weighted by Crippen LogP contribution is -2.17. The van der Waals surface area contributed by atoms with Crippen molar-refractivity contribution in [1.29, 1.82) is 0 Å². The lowest BCUT2D eigenvalue weighted by atomic mass is 9.98. The third-order valence-corrected chi connectivity index (χ3v) is 7.28. The maximum Gasteiger partial charge on any atom is 0.229 e. The molecule has 0 saturated carbocycles. The maximum atomic E-state index is 13.3. The number of aromatic nitrogens is 1. The number of benzene rings is 3. The molecular formula is C28H24N2O4S.